The molecule has 0 aliphatic heterocycles. The van der Waals surface area contributed by atoms with E-state index in [-0.39, 0.29) is 11.4 Å². The molecule has 1 rings (SSSR count). The highest BCUT2D eigenvalue weighted by Gasteiger charge is 2.18. The van der Waals surface area contributed by atoms with E-state index >= 15 is 0 Å². The number of aromatic carboxylic acids is 1. The molecule has 0 bridgehead atoms. The van der Waals surface area contributed by atoms with Crippen molar-refractivity contribution in [2.75, 3.05) is 0 Å². The summed E-state index contributed by atoms with van der Waals surface area (Å²) in [7, 11) is 0. The Balaban J connectivity index is 2.69. The molecule has 90 valence electrons. The highest BCUT2D eigenvalue weighted by atomic mass is 16.5. The van der Waals surface area contributed by atoms with E-state index in [9.17, 15) is 4.79 Å². The Morgan fingerprint density at radius 2 is 2.19 bits per heavy atom. The molecule has 1 heterocycles. The normalized spacial score (nSPS) is 11.8. The van der Waals surface area contributed by atoms with Gasteiger partial charge in [0.2, 0.25) is 5.76 Å². The van der Waals surface area contributed by atoms with Gasteiger partial charge in [0.05, 0.1) is 5.60 Å². The third-order valence-electron chi connectivity index (χ3n) is 2.62. The minimum Gasteiger partial charge on any atom is -0.475 e. The summed E-state index contributed by atoms with van der Waals surface area (Å²) in [6, 6.07) is 1.70. The average molecular weight is 226 g/mol. The van der Waals surface area contributed by atoms with Gasteiger partial charge in [-0.15, -0.1) is 0 Å². The van der Waals surface area contributed by atoms with Crippen LogP contribution in [0.1, 0.15) is 49.1 Å². The lowest BCUT2D eigenvalue weighted by Gasteiger charge is -2.22. The Kier molecular flexibility index (Phi) is 3.75. The van der Waals surface area contributed by atoms with Crippen LogP contribution in [0.2, 0.25) is 0 Å². The molecule has 0 spiro atoms. The van der Waals surface area contributed by atoms with Crippen LogP contribution in [0.5, 0.6) is 0 Å². The van der Waals surface area contributed by atoms with Gasteiger partial charge in [-0.25, -0.2) is 4.79 Å². The molecule has 0 aliphatic carbocycles. The van der Waals surface area contributed by atoms with Crippen molar-refractivity contribution < 1.29 is 19.1 Å². The lowest BCUT2D eigenvalue weighted by Crippen LogP contribution is -2.22. The second kappa shape index (κ2) is 4.70. The Morgan fingerprint density at radius 1 is 1.56 bits per heavy atom. The maximum absolute atomic E-state index is 10.8. The van der Waals surface area contributed by atoms with Gasteiger partial charge in [0.25, 0.3) is 0 Å². The van der Waals surface area contributed by atoms with Gasteiger partial charge in [-0.2, -0.15) is 0 Å². The summed E-state index contributed by atoms with van der Waals surface area (Å²) in [5.41, 5.74) is 0.407. The van der Waals surface area contributed by atoms with Gasteiger partial charge in [0, 0.05) is 5.56 Å². The molecule has 0 unspecified atom stereocenters. The second-order valence-electron chi connectivity index (χ2n) is 4.43. The zero-order valence-electron chi connectivity index (χ0n) is 10.2. The number of hydrogen-bond acceptors (Lipinski definition) is 3. The van der Waals surface area contributed by atoms with Gasteiger partial charge in [0.1, 0.15) is 12.4 Å². The molecule has 4 heteroatoms. The van der Waals surface area contributed by atoms with Crippen molar-refractivity contribution in [1.29, 1.82) is 0 Å². The first kappa shape index (κ1) is 12.8. The van der Waals surface area contributed by atoms with E-state index < -0.39 is 5.97 Å². The van der Waals surface area contributed by atoms with Crippen LogP contribution in [0.4, 0.5) is 0 Å². The van der Waals surface area contributed by atoms with Gasteiger partial charge < -0.3 is 14.3 Å². The summed E-state index contributed by atoms with van der Waals surface area (Å²) < 4.78 is 10.8. The van der Waals surface area contributed by atoms with Crippen LogP contribution in [-0.4, -0.2) is 16.7 Å². The topological polar surface area (TPSA) is 59.7 Å². The van der Waals surface area contributed by atoms with Crippen LogP contribution in [0.15, 0.2) is 10.5 Å². The van der Waals surface area contributed by atoms with Crippen molar-refractivity contribution in [1.82, 2.24) is 0 Å². The van der Waals surface area contributed by atoms with Crippen molar-refractivity contribution in [3.8, 4) is 0 Å². The van der Waals surface area contributed by atoms with Crippen LogP contribution in [0.3, 0.4) is 0 Å². The Morgan fingerprint density at radius 3 is 2.62 bits per heavy atom. The highest BCUT2D eigenvalue weighted by molar-refractivity contribution is 5.86. The Hall–Kier alpha value is -1.29. The van der Waals surface area contributed by atoms with Gasteiger partial charge >= 0.3 is 5.97 Å². The van der Waals surface area contributed by atoms with Crippen molar-refractivity contribution in [3.05, 3.63) is 23.2 Å². The molecule has 0 fully saturated rings. The van der Waals surface area contributed by atoms with Crippen molar-refractivity contribution in [2.24, 2.45) is 0 Å². The number of carboxylic acids is 1. The third kappa shape index (κ3) is 3.10. The van der Waals surface area contributed by atoms with E-state index in [0.717, 1.165) is 6.42 Å². The zero-order chi connectivity index (χ0) is 12.3. The van der Waals surface area contributed by atoms with E-state index in [1.54, 1.807) is 13.0 Å². The summed E-state index contributed by atoms with van der Waals surface area (Å²) in [4.78, 5) is 10.8. The van der Waals surface area contributed by atoms with E-state index in [0.29, 0.717) is 17.9 Å². The molecule has 0 saturated carbocycles. The summed E-state index contributed by atoms with van der Waals surface area (Å²) >= 11 is 0. The number of carbonyl (C=O) groups is 1. The first-order chi connectivity index (χ1) is 7.35. The summed E-state index contributed by atoms with van der Waals surface area (Å²) in [6.45, 7) is 8.02. The number of aryl methyl sites for hydroxylation is 1. The van der Waals surface area contributed by atoms with E-state index in [4.69, 9.17) is 14.3 Å². The summed E-state index contributed by atoms with van der Waals surface area (Å²) in [5, 5.41) is 8.82. The summed E-state index contributed by atoms with van der Waals surface area (Å²) in [6.07, 6.45) is 0.887. The predicted molar refractivity (Wildman–Crippen MR) is 59.6 cm³/mol. The quantitative estimate of drug-likeness (QED) is 0.838. The van der Waals surface area contributed by atoms with Gasteiger partial charge in [-0.05, 0) is 33.3 Å². The van der Waals surface area contributed by atoms with Crippen LogP contribution in [-0.2, 0) is 11.3 Å². The maximum Gasteiger partial charge on any atom is 0.372 e. The standard InChI is InChI=1S/C12H18O4/c1-5-12(3,4)15-7-9-6-8(2)10(16-9)11(13)14/h6H,5,7H2,1-4H3,(H,13,14). The van der Waals surface area contributed by atoms with E-state index in [2.05, 4.69) is 0 Å². The molecule has 0 aromatic carbocycles. The minimum atomic E-state index is -1.04. The van der Waals surface area contributed by atoms with Crippen molar-refractivity contribution >= 4 is 5.97 Å². The smallest absolute Gasteiger partial charge is 0.372 e. The molecular formula is C12H18O4. The fourth-order valence-corrected chi connectivity index (χ4v) is 1.20. The molecule has 4 nitrogen and oxygen atoms in total. The number of rotatable bonds is 5. The Bertz CT molecular complexity index is 376. The first-order valence-electron chi connectivity index (χ1n) is 5.32. The second-order valence-corrected chi connectivity index (χ2v) is 4.43. The van der Waals surface area contributed by atoms with Crippen LogP contribution < -0.4 is 0 Å². The largest absolute Gasteiger partial charge is 0.475 e. The summed E-state index contributed by atoms with van der Waals surface area (Å²) in [5.74, 6) is -0.497. The first-order valence-corrected chi connectivity index (χ1v) is 5.32. The van der Waals surface area contributed by atoms with Crippen LogP contribution in [0.25, 0.3) is 0 Å². The molecule has 0 atom stereocenters. The van der Waals surface area contributed by atoms with Gasteiger partial charge in [-0.1, -0.05) is 6.92 Å². The van der Waals surface area contributed by atoms with Crippen LogP contribution >= 0.6 is 0 Å². The highest BCUT2D eigenvalue weighted by Crippen LogP contribution is 2.20. The lowest BCUT2D eigenvalue weighted by atomic mass is 10.1. The fraction of sp³-hybridized carbons (Fsp3) is 0.583. The zero-order valence-corrected chi connectivity index (χ0v) is 10.2. The van der Waals surface area contributed by atoms with Gasteiger partial charge in [-0.3, -0.25) is 0 Å². The van der Waals surface area contributed by atoms with Gasteiger partial charge in [0.15, 0.2) is 0 Å². The monoisotopic (exact) mass is 226 g/mol. The molecule has 0 aliphatic rings. The number of carboxylic acid groups (broad SMARTS) is 1. The van der Waals surface area contributed by atoms with Crippen LogP contribution in [0, 0.1) is 6.92 Å². The molecule has 0 saturated heterocycles. The van der Waals surface area contributed by atoms with Crippen molar-refractivity contribution in [3.63, 3.8) is 0 Å². The number of ether oxygens (including phenoxy) is 1. The molecular weight excluding hydrogens is 208 g/mol. The number of hydrogen-bond donors (Lipinski definition) is 1. The van der Waals surface area contributed by atoms with E-state index in [1.807, 2.05) is 20.8 Å². The average Bonchev–Trinajstić information content (AvgIpc) is 2.57. The Labute approximate surface area is 95.2 Å². The fourth-order valence-electron chi connectivity index (χ4n) is 1.20. The molecule has 1 aromatic heterocycles. The SMILES string of the molecule is CCC(C)(C)OCc1cc(C)c(C(=O)O)o1. The minimum absolute atomic E-state index is 0.00657. The number of furan rings is 1. The molecule has 16 heavy (non-hydrogen) atoms. The van der Waals surface area contributed by atoms with Crippen molar-refractivity contribution in [2.45, 2.75) is 46.3 Å². The lowest BCUT2D eigenvalue weighted by molar-refractivity contribution is -0.0386. The third-order valence-corrected chi connectivity index (χ3v) is 2.62. The molecule has 1 N–H and O–H groups in total. The van der Waals surface area contributed by atoms with E-state index in [1.165, 1.54) is 0 Å². The molecule has 0 amide bonds. The molecule has 0 radical (unpaired) electrons. The molecule has 1 aromatic rings. The maximum atomic E-state index is 10.8. The predicted octanol–water partition coefficient (Wildman–Crippen LogP) is 2.99.